The van der Waals surface area contributed by atoms with Crippen molar-refractivity contribution in [2.45, 2.75) is 6.92 Å². The first-order chi connectivity index (χ1) is 13.6. The number of aryl methyl sites for hydroxylation is 1. The fourth-order valence-electron chi connectivity index (χ4n) is 3.06. The lowest BCUT2D eigenvalue weighted by Gasteiger charge is -2.34. The number of carbonyl (C=O) groups excluding carboxylic acids is 1. The number of hydrogen-bond acceptors (Lipinski definition) is 5. The topological polar surface area (TPSA) is 51.2 Å². The molecular formula is C22H28N2O4. The Morgan fingerprint density at radius 3 is 2.07 bits per heavy atom. The molecule has 1 amide bonds. The van der Waals surface area contributed by atoms with Crippen LogP contribution >= 0.6 is 0 Å². The molecule has 0 aromatic heterocycles. The van der Waals surface area contributed by atoms with Crippen LogP contribution in [0.1, 0.15) is 5.56 Å². The zero-order chi connectivity index (χ0) is 19.8. The first-order valence-electron chi connectivity index (χ1n) is 9.60. The van der Waals surface area contributed by atoms with Gasteiger partial charge in [0.2, 0.25) is 0 Å². The highest BCUT2D eigenvalue weighted by atomic mass is 16.5. The Morgan fingerprint density at radius 1 is 0.857 bits per heavy atom. The van der Waals surface area contributed by atoms with Gasteiger partial charge in [-0.3, -0.25) is 9.69 Å². The minimum absolute atomic E-state index is 0.0368. The Bertz CT molecular complexity index is 738. The van der Waals surface area contributed by atoms with Crippen molar-refractivity contribution in [1.29, 1.82) is 0 Å². The van der Waals surface area contributed by atoms with Crippen molar-refractivity contribution < 1.29 is 19.0 Å². The Balaban J connectivity index is 1.33. The molecule has 0 atom stereocenters. The van der Waals surface area contributed by atoms with Gasteiger partial charge in [0, 0.05) is 32.7 Å². The van der Waals surface area contributed by atoms with Gasteiger partial charge in [0.25, 0.3) is 5.91 Å². The summed E-state index contributed by atoms with van der Waals surface area (Å²) >= 11 is 0. The largest absolute Gasteiger partial charge is 0.497 e. The SMILES string of the molecule is COc1ccc(OCCN2CCN(C(=O)COc3ccc(C)cc3)CC2)cc1. The number of benzene rings is 2. The molecule has 1 saturated heterocycles. The second-order valence-corrected chi connectivity index (χ2v) is 6.85. The lowest BCUT2D eigenvalue weighted by molar-refractivity contribution is -0.135. The molecule has 0 aliphatic carbocycles. The first-order valence-corrected chi connectivity index (χ1v) is 9.60. The monoisotopic (exact) mass is 384 g/mol. The van der Waals surface area contributed by atoms with Crippen LogP contribution in [-0.2, 0) is 4.79 Å². The number of hydrogen-bond donors (Lipinski definition) is 0. The van der Waals surface area contributed by atoms with E-state index in [1.807, 2.05) is 60.4 Å². The zero-order valence-electron chi connectivity index (χ0n) is 16.6. The molecule has 0 radical (unpaired) electrons. The Morgan fingerprint density at radius 2 is 1.43 bits per heavy atom. The van der Waals surface area contributed by atoms with E-state index in [-0.39, 0.29) is 12.5 Å². The molecular weight excluding hydrogens is 356 g/mol. The van der Waals surface area contributed by atoms with Crippen molar-refractivity contribution in [3.63, 3.8) is 0 Å². The number of amides is 1. The molecule has 0 N–H and O–H groups in total. The van der Waals surface area contributed by atoms with E-state index in [1.165, 1.54) is 5.56 Å². The number of nitrogens with zero attached hydrogens (tertiary/aromatic N) is 2. The Kier molecular flexibility index (Phi) is 7.14. The summed E-state index contributed by atoms with van der Waals surface area (Å²) < 4.78 is 16.5. The highest BCUT2D eigenvalue weighted by Gasteiger charge is 2.21. The zero-order valence-corrected chi connectivity index (χ0v) is 16.6. The summed E-state index contributed by atoms with van der Waals surface area (Å²) in [7, 11) is 1.65. The molecule has 2 aromatic carbocycles. The minimum Gasteiger partial charge on any atom is -0.497 e. The average Bonchev–Trinajstić information content (AvgIpc) is 2.74. The molecule has 28 heavy (non-hydrogen) atoms. The molecule has 1 aliphatic heterocycles. The van der Waals surface area contributed by atoms with Crippen LogP contribution in [0.25, 0.3) is 0 Å². The molecule has 3 rings (SSSR count). The van der Waals surface area contributed by atoms with Crippen molar-refractivity contribution in [3.8, 4) is 17.2 Å². The summed E-state index contributed by atoms with van der Waals surface area (Å²) in [6.07, 6.45) is 0. The molecule has 0 spiro atoms. The van der Waals surface area contributed by atoms with E-state index in [2.05, 4.69) is 4.90 Å². The molecule has 0 bridgehead atoms. The third-order valence-electron chi connectivity index (χ3n) is 4.84. The van der Waals surface area contributed by atoms with Gasteiger partial charge in [-0.25, -0.2) is 0 Å². The average molecular weight is 384 g/mol. The van der Waals surface area contributed by atoms with Crippen LogP contribution in [0.5, 0.6) is 17.2 Å². The molecule has 1 aliphatic rings. The van der Waals surface area contributed by atoms with E-state index in [0.717, 1.165) is 50.0 Å². The van der Waals surface area contributed by atoms with E-state index in [4.69, 9.17) is 14.2 Å². The molecule has 6 nitrogen and oxygen atoms in total. The first kappa shape index (κ1) is 20.0. The maximum Gasteiger partial charge on any atom is 0.260 e. The molecule has 1 fully saturated rings. The number of carbonyl (C=O) groups is 1. The highest BCUT2D eigenvalue weighted by Crippen LogP contribution is 2.17. The van der Waals surface area contributed by atoms with E-state index in [1.54, 1.807) is 7.11 Å². The van der Waals surface area contributed by atoms with Gasteiger partial charge in [-0.1, -0.05) is 17.7 Å². The number of ether oxygens (including phenoxy) is 3. The summed E-state index contributed by atoms with van der Waals surface area (Å²) in [6.45, 7) is 6.71. The second-order valence-electron chi connectivity index (χ2n) is 6.85. The number of piperazine rings is 1. The van der Waals surface area contributed by atoms with Crippen LogP contribution in [0.4, 0.5) is 0 Å². The fraction of sp³-hybridized carbons (Fsp3) is 0.409. The summed E-state index contributed by atoms with van der Waals surface area (Å²) in [5.41, 5.74) is 1.17. The van der Waals surface area contributed by atoms with Crippen LogP contribution in [0.3, 0.4) is 0 Å². The molecule has 150 valence electrons. The molecule has 1 heterocycles. The van der Waals surface area contributed by atoms with Gasteiger partial charge in [0.1, 0.15) is 23.9 Å². The summed E-state index contributed by atoms with van der Waals surface area (Å²) in [5.74, 6) is 2.42. The van der Waals surface area contributed by atoms with Crippen LogP contribution in [-0.4, -0.2) is 68.8 Å². The Labute approximate surface area is 166 Å². The van der Waals surface area contributed by atoms with Crippen molar-refractivity contribution in [2.24, 2.45) is 0 Å². The van der Waals surface area contributed by atoms with Crippen LogP contribution in [0.2, 0.25) is 0 Å². The summed E-state index contributed by atoms with van der Waals surface area (Å²) in [4.78, 5) is 16.5. The van der Waals surface area contributed by atoms with Crippen LogP contribution < -0.4 is 14.2 Å². The maximum atomic E-state index is 12.3. The van der Waals surface area contributed by atoms with Gasteiger partial charge in [-0.15, -0.1) is 0 Å². The quantitative estimate of drug-likeness (QED) is 0.700. The van der Waals surface area contributed by atoms with Gasteiger partial charge >= 0.3 is 0 Å². The maximum absolute atomic E-state index is 12.3. The van der Waals surface area contributed by atoms with Gasteiger partial charge in [0.15, 0.2) is 6.61 Å². The molecule has 2 aromatic rings. The normalized spacial score (nSPS) is 14.6. The van der Waals surface area contributed by atoms with Crippen molar-refractivity contribution in [1.82, 2.24) is 9.80 Å². The lowest BCUT2D eigenvalue weighted by atomic mass is 10.2. The van der Waals surface area contributed by atoms with Gasteiger partial charge in [-0.2, -0.15) is 0 Å². The van der Waals surface area contributed by atoms with Crippen molar-refractivity contribution in [3.05, 3.63) is 54.1 Å². The smallest absolute Gasteiger partial charge is 0.260 e. The van der Waals surface area contributed by atoms with Crippen molar-refractivity contribution >= 4 is 5.91 Å². The van der Waals surface area contributed by atoms with E-state index in [0.29, 0.717) is 6.61 Å². The third kappa shape index (κ3) is 5.89. The fourth-order valence-corrected chi connectivity index (χ4v) is 3.06. The van der Waals surface area contributed by atoms with Gasteiger partial charge < -0.3 is 19.1 Å². The standard InChI is InChI=1S/C22H28N2O4/c1-18-3-5-21(6-4-18)28-17-22(25)24-13-11-23(12-14-24)15-16-27-20-9-7-19(26-2)8-10-20/h3-10H,11-17H2,1-2H3. The number of rotatable bonds is 8. The highest BCUT2D eigenvalue weighted by molar-refractivity contribution is 5.77. The molecule has 6 heteroatoms. The molecule has 0 unspecified atom stereocenters. The van der Waals surface area contributed by atoms with Gasteiger partial charge in [0.05, 0.1) is 7.11 Å². The van der Waals surface area contributed by atoms with Gasteiger partial charge in [-0.05, 0) is 43.3 Å². The van der Waals surface area contributed by atoms with E-state index >= 15 is 0 Å². The van der Waals surface area contributed by atoms with Crippen LogP contribution in [0.15, 0.2) is 48.5 Å². The second kappa shape index (κ2) is 9.99. The predicted octanol–water partition coefficient (Wildman–Crippen LogP) is 2.61. The lowest BCUT2D eigenvalue weighted by Crippen LogP contribution is -2.50. The molecule has 0 saturated carbocycles. The number of methoxy groups -OCH3 is 1. The Hall–Kier alpha value is -2.73. The van der Waals surface area contributed by atoms with E-state index in [9.17, 15) is 4.79 Å². The predicted molar refractivity (Wildman–Crippen MR) is 108 cm³/mol. The third-order valence-corrected chi connectivity index (χ3v) is 4.84. The van der Waals surface area contributed by atoms with E-state index < -0.39 is 0 Å². The minimum atomic E-state index is 0.0368. The summed E-state index contributed by atoms with van der Waals surface area (Å²) in [6, 6.07) is 15.3. The van der Waals surface area contributed by atoms with Crippen molar-refractivity contribution in [2.75, 3.05) is 53.0 Å². The summed E-state index contributed by atoms with van der Waals surface area (Å²) in [5, 5.41) is 0. The van der Waals surface area contributed by atoms with Crippen LogP contribution in [0, 0.1) is 6.92 Å².